The minimum Gasteiger partial charge on any atom is -0.355 e. The monoisotopic (exact) mass is 134 g/mol. The van der Waals surface area contributed by atoms with E-state index in [0.29, 0.717) is 0 Å². The molecule has 2 aromatic rings. The average molecular weight is 134 g/mol. The molecule has 0 aliphatic carbocycles. The van der Waals surface area contributed by atoms with Crippen molar-refractivity contribution < 1.29 is 4.52 Å². The van der Waals surface area contributed by atoms with Crippen molar-refractivity contribution in [1.82, 2.24) is 10.1 Å². The molecule has 0 aromatic carbocycles. The van der Waals surface area contributed by atoms with Crippen LogP contribution in [-0.4, -0.2) is 10.1 Å². The molecule has 10 heavy (non-hydrogen) atoms. The Bertz CT molecular complexity index is 353. The minimum absolute atomic E-state index is 0.750. The van der Waals surface area contributed by atoms with Gasteiger partial charge in [-0.3, -0.25) is 4.98 Å². The van der Waals surface area contributed by atoms with Crippen LogP contribution in [0.1, 0.15) is 5.56 Å². The Kier molecular flexibility index (Phi) is 0.974. The Hall–Kier alpha value is -1.38. The van der Waals surface area contributed by atoms with Gasteiger partial charge in [-0.15, -0.1) is 0 Å². The molecule has 0 spiro atoms. The van der Waals surface area contributed by atoms with Gasteiger partial charge in [0.1, 0.15) is 5.52 Å². The summed E-state index contributed by atoms with van der Waals surface area (Å²) in [5.41, 5.74) is 2.65. The summed E-state index contributed by atoms with van der Waals surface area (Å²) < 4.78 is 4.89. The Morgan fingerprint density at radius 1 is 1.40 bits per heavy atom. The summed E-state index contributed by atoms with van der Waals surface area (Å²) in [5.74, 6) is 0. The van der Waals surface area contributed by atoms with E-state index in [1.807, 2.05) is 13.0 Å². The molecule has 0 aliphatic rings. The zero-order valence-corrected chi connectivity index (χ0v) is 5.53. The summed E-state index contributed by atoms with van der Waals surface area (Å²) in [6.45, 7) is 1.97. The lowest BCUT2D eigenvalue weighted by Gasteiger charge is -1.86. The smallest absolute Gasteiger partial charge is 0.185 e. The molecule has 0 saturated carbocycles. The maximum absolute atomic E-state index is 4.89. The van der Waals surface area contributed by atoms with E-state index in [4.69, 9.17) is 4.52 Å². The molecule has 0 amide bonds. The van der Waals surface area contributed by atoms with E-state index in [1.54, 1.807) is 12.4 Å². The molecule has 0 unspecified atom stereocenters. The van der Waals surface area contributed by atoms with E-state index in [2.05, 4.69) is 10.1 Å². The first kappa shape index (κ1) is 5.41. The Morgan fingerprint density at radius 2 is 2.30 bits per heavy atom. The maximum Gasteiger partial charge on any atom is 0.185 e. The summed E-state index contributed by atoms with van der Waals surface area (Å²) in [7, 11) is 0. The number of rotatable bonds is 0. The molecule has 0 aliphatic heterocycles. The number of fused-ring (bicyclic) bond motifs is 1. The summed E-state index contributed by atoms with van der Waals surface area (Å²) in [5, 5.41) is 3.60. The predicted octanol–water partition coefficient (Wildman–Crippen LogP) is 1.53. The third-order valence-electron chi connectivity index (χ3n) is 1.34. The van der Waals surface area contributed by atoms with Crippen LogP contribution in [0.15, 0.2) is 23.0 Å². The highest BCUT2D eigenvalue weighted by Gasteiger charge is 1.96. The van der Waals surface area contributed by atoms with Crippen molar-refractivity contribution in [2.45, 2.75) is 6.92 Å². The zero-order valence-electron chi connectivity index (χ0n) is 5.53. The second-order valence-electron chi connectivity index (χ2n) is 2.22. The average Bonchev–Trinajstić information content (AvgIpc) is 2.33. The van der Waals surface area contributed by atoms with E-state index >= 15 is 0 Å². The standard InChI is InChI=1S/C7H6N2O/c1-5-2-7-6(8-3-5)4-9-10-7/h2-4H,1H3. The van der Waals surface area contributed by atoms with Gasteiger partial charge >= 0.3 is 0 Å². The molecule has 0 bridgehead atoms. The van der Waals surface area contributed by atoms with E-state index in [-0.39, 0.29) is 0 Å². The van der Waals surface area contributed by atoms with Gasteiger partial charge in [0.15, 0.2) is 5.58 Å². The highest BCUT2D eigenvalue weighted by Crippen LogP contribution is 2.10. The van der Waals surface area contributed by atoms with Crippen LogP contribution in [0, 0.1) is 6.92 Å². The van der Waals surface area contributed by atoms with Crippen LogP contribution in [0.5, 0.6) is 0 Å². The van der Waals surface area contributed by atoms with Gasteiger partial charge in [-0.2, -0.15) is 0 Å². The SMILES string of the molecule is Cc1cnc2cnoc2c1. The quantitative estimate of drug-likeness (QED) is 0.548. The van der Waals surface area contributed by atoms with E-state index in [1.165, 1.54) is 0 Å². The van der Waals surface area contributed by atoms with Gasteiger partial charge < -0.3 is 4.52 Å². The first-order valence-electron chi connectivity index (χ1n) is 3.03. The summed E-state index contributed by atoms with van der Waals surface area (Å²) >= 11 is 0. The molecular weight excluding hydrogens is 128 g/mol. The third-order valence-corrected chi connectivity index (χ3v) is 1.34. The normalized spacial score (nSPS) is 10.5. The van der Waals surface area contributed by atoms with Crippen LogP contribution < -0.4 is 0 Å². The molecule has 2 heterocycles. The van der Waals surface area contributed by atoms with Crippen molar-refractivity contribution in [2.75, 3.05) is 0 Å². The third kappa shape index (κ3) is 0.673. The van der Waals surface area contributed by atoms with Crippen LogP contribution in [0.25, 0.3) is 11.1 Å². The van der Waals surface area contributed by atoms with Crippen molar-refractivity contribution in [3.05, 3.63) is 24.0 Å². The number of hydrogen-bond donors (Lipinski definition) is 0. The summed E-state index contributed by atoms with van der Waals surface area (Å²) in [6, 6.07) is 1.91. The lowest BCUT2D eigenvalue weighted by molar-refractivity contribution is 0.456. The Labute approximate surface area is 57.7 Å². The van der Waals surface area contributed by atoms with Crippen LogP contribution in [0.3, 0.4) is 0 Å². The number of pyridine rings is 1. The minimum atomic E-state index is 0.750. The highest BCUT2D eigenvalue weighted by molar-refractivity contribution is 5.70. The lowest BCUT2D eigenvalue weighted by Crippen LogP contribution is -1.74. The lowest BCUT2D eigenvalue weighted by atomic mass is 10.3. The molecule has 50 valence electrons. The van der Waals surface area contributed by atoms with E-state index in [0.717, 1.165) is 16.7 Å². The maximum atomic E-state index is 4.89. The number of hydrogen-bond acceptors (Lipinski definition) is 3. The van der Waals surface area contributed by atoms with Crippen LogP contribution >= 0.6 is 0 Å². The van der Waals surface area contributed by atoms with Crippen molar-refractivity contribution in [3.63, 3.8) is 0 Å². The van der Waals surface area contributed by atoms with Crippen molar-refractivity contribution in [1.29, 1.82) is 0 Å². The molecule has 0 fully saturated rings. The van der Waals surface area contributed by atoms with Gasteiger partial charge in [0.25, 0.3) is 0 Å². The fraction of sp³-hybridized carbons (Fsp3) is 0.143. The van der Waals surface area contributed by atoms with Crippen molar-refractivity contribution >= 4 is 11.1 Å². The fourth-order valence-electron chi connectivity index (χ4n) is 0.856. The summed E-state index contributed by atoms with van der Waals surface area (Å²) in [6.07, 6.45) is 3.40. The second-order valence-corrected chi connectivity index (χ2v) is 2.22. The van der Waals surface area contributed by atoms with Crippen molar-refractivity contribution in [2.24, 2.45) is 0 Å². The number of nitrogens with zero attached hydrogens (tertiary/aromatic N) is 2. The molecule has 3 heteroatoms. The van der Waals surface area contributed by atoms with Crippen LogP contribution in [0.4, 0.5) is 0 Å². The first-order chi connectivity index (χ1) is 4.86. The van der Waals surface area contributed by atoms with Gasteiger partial charge in [0.05, 0.1) is 6.20 Å². The van der Waals surface area contributed by atoms with Gasteiger partial charge in [-0.1, -0.05) is 5.16 Å². The highest BCUT2D eigenvalue weighted by atomic mass is 16.5. The Morgan fingerprint density at radius 3 is 3.20 bits per heavy atom. The number of aromatic nitrogens is 2. The zero-order chi connectivity index (χ0) is 6.97. The molecule has 2 aromatic heterocycles. The Balaban J connectivity index is 2.86. The molecule has 0 saturated heterocycles. The first-order valence-corrected chi connectivity index (χ1v) is 3.03. The van der Waals surface area contributed by atoms with E-state index < -0.39 is 0 Å². The van der Waals surface area contributed by atoms with E-state index in [9.17, 15) is 0 Å². The molecule has 0 radical (unpaired) electrons. The molecule has 0 N–H and O–H groups in total. The predicted molar refractivity (Wildman–Crippen MR) is 36.5 cm³/mol. The van der Waals surface area contributed by atoms with Gasteiger partial charge in [-0.25, -0.2) is 0 Å². The van der Waals surface area contributed by atoms with Crippen molar-refractivity contribution in [3.8, 4) is 0 Å². The molecular formula is C7H6N2O. The van der Waals surface area contributed by atoms with Crippen LogP contribution in [0.2, 0.25) is 0 Å². The molecule has 3 nitrogen and oxygen atoms in total. The van der Waals surface area contributed by atoms with Gasteiger partial charge in [-0.05, 0) is 18.6 Å². The number of aryl methyl sites for hydroxylation is 1. The van der Waals surface area contributed by atoms with Gasteiger partial charge in [0, 0.05) is 6.20 Å². The largest absolute Gasteiger partial charge is 0.355 e. The molecule has 2 rings (SSSR count). The fourth-order valence-corrected chi connectivity index (χ4v) is 0.856. The topological polar surface area (TPSA) is 38.9 Å². The van der Waals surface area contributed by atoms with Crippen LogP contribution in [-0.2, 0) is 0 Å². The van der Waals surface area contributed by atoms with Gasteiger partial charge in [0.2, 0.25) is 0 Å². The second kappa shape index (κ2) is 1.80. The summed E-state index contributed by atoms with van der Waals surface area (Å²) in [4.78, 5) is 4.08. The molecule has 0 atom stereocenters.